The van der Waals surface area contributed by atoms with E-state index in [2.05, 4.69) is 25.2 Å². The van der Waals surface area contributed by atoms with Crippen LogP contribution in [-0.4, -0.2) is 43.3 Å². The molecule has 1 saturated heterocycles. The van der Waals surface area contributed by atoms with Crippen LogP contribution in [0.4, 0.5) is 4.79 Å². The largest absolute Gasteiger partial charge is 0.450 e. The number of hydrogen-bond donors (Lipinski definition) is 1. The van der Waals surface area contributed by atoms with Gasteiger partial charge in [0.25, 0.3) is 0 Å². The average Bonchev–Trinajstić information content (AvgIpc) is 2.44. The summed E-state index contributed by atoms with van der Waals surface area (Å²) >= 11 is 0. The van der Waals surface area contributed by atoms with E-state index in [1.807, 2.05) is 6.92 Å². The maximum absolute atomic E-state index is 11.6. The van der Waals surface area contributed by atoms with Crippen molar-refractivity contribution < 1.29 is 9.53 Å². The maximum Gasteiger partial charge on any atom is 0.409 e. The number of nitrogens with zero attached hydrogens (tertiary/aromatic N) is 2. The Morgan fingerprint density at radius 2 is 2.10 bits per heavy atom. The molecule has 0 aromatic heterocycles. The molecule has 0 unspecified atom stereocenters. The summed E-state index contributed by atoms with van der Waals surface area (Å²) in [5.74, 6) is 0. The van der Waals surface area contributed by atoms with E-state index >= 15 is 0 Å². The SMILES string of the molecule is CCOC(=O)N1CCC(NCC(C)(C)CCC#N)CC1. The van der Waals surface area contributed by atoms with E-state index in [4.69, 9.17) is 10.00 Å². The second kappa shape index (κ2) is 8.11. The van der Waals surface area contributed by atoms with Crippen LogP contribution >= 0.6 is 0 Å². The van der Waals surface area contributed by atoms with Gasteiger partial charge in [0, 0.05) is 32.1 Å². The number of nitrogens with one attached hydrogen (secondary N) is 1. The minimum Gasteiger partial charge on any atom is -0.450 e. The van der Waals surface area contributed by atoms with Gasteiger partial charge >= 0.3 is 6.09 Å². The monoisotopic (exact) mass is 281 g/mol. The van der Waals surface area contributed by atoms with E-state index in [1.54, 1.807) is 4.90 Å². The zero-order valence-electron chi connectivity index (χ0n) is 12.9. The fourth-order valence-corrected chi connectivity index (χ4v) is 2.38. The minimum atomic E-state index is -0.194. The van der Waals surface area contributed by atoms with Crippen LogP contribution in [-0.2, 0) is 4.74 Å². The number of carbonyl (C=O) groups is 1. The van der Waals surface area contributed by atoms with E-state index in [1.165, 1.54) is 0 Å². The zero-order chi connectivity index (χ0) is 15.0. The number of piperidine rings is 1. The highest BCUT2D eigenvalue weighted by Gasteiger charge is 2.25. The molecule has 5 nitrogen and oxygen atoms in total. The van der Waals surface area contributed by atoms with Crippen molar-refractivity contribution in [3.8, 4) is 6.07 Å². The smallest absolute Gasteiger partial charge is 0.409 e. The van der Waals surface area contributed by atoms with Crippen LogP contribution in [0.15, 0.2) is 0 Å². The number of carbonyl (C=O) groups excluding carboxylic acids is 1. The molecule has 0 aromatic rings. The molecule has 1 heterocycles. The molecule has 114 valence electrons. The highest BCUT2D eigenvalue weighted by molar-refractivity contribution is 5.67. The first-order valence-electron chi connectivity index (χ1n) is 7.50. The normalized spacial score (nSPS) is 16.8. The van der Waals surface area contributed by atoms with Crippen molar-refractivity contribution in [1.82, 2.24) is 10.2 Å². The minimum absolute atomic E-state index is 0.147. The molecule has 0 spiro atoms. The number of rotatable bonds is 6. The fourth-order valence-electron chi connectivity index (χ4n) is 2.38. The van der Waals surface area contributed by atoms with Gasteiger partial charge in [-0.3, -0.25) is 0 Å². The van der Waals surface area contributed by atoms with Gasteiger partial charge < -0.3 is 15.0 Å². The third-order valence-corrected chi connectivity index (χ3v) is 3.80. The van der Waals surface area contributed by atoms with Gasteiger partial charge in [-0.15, -0.1) is 0 Å². The molecular weight excluding hydrogens is 254 g/mol. The molecule has 0 bridgehead atoms. The summed E-state index contributed by atoms with van der Waals surface area (Å²) in [7, 11) is 0. The Morgan fingerprint density at radius 3 is 2.65 bits per heavy atom. The summed E-state index contributed by atoms with van der Waals surface area (Å²) in [4.78, 5) is 13.4. The molecule has 0 aliphatic carbocycles. The Balaban J connectivity index is 2.26. The molecule has 0 atom stereocenters. The Morgan fingerprint density at radius 1 is 1.45 bits per heavy atom. The van der Waals surface area contributed by atoms with Crippen LogP contribution in [0.5, 0.6) is 0 Å². The van der Waals surface area contributed by atoms with E-state index < -0.39 is 0 Å². The number of likely N-dealkylation sites (tertiary alicyclic amines) is 1. The second-order valence-electron chi connectivity index (χ2n) is 6.16. The summed E-state index contributed by atoms with van der Waals surface area (Å²) in [6, 6.07) is 2.67. The predicted molar refractivity (Wildman–Crippen MR) is 78.2 cm³/mol. The van der Waals surface area contributed by atoms with Crippen molar-refractivity contribution in [2.45, 2.75) is 52.5 Å². The van der Waals surface area contributed by atoms with Crippen molar-refractivity contribution in [2.24, 2.45) is 5.41 Å². The van der Waals surface area contributed by atoms with Gasteiger partial charge in [0.15, 0.2) is 0 Å². The molecule has 1 aliphatic rings. The molecule has 20 heavy (non-hydrogen) atoms. The molecule has 0 aromatic carbocycles. The highest BCUT2D eigenvalue weighted by atomic mass is 16.6. The van der Waals surface area contributed by atoms with Crippen LogP contribution in [0.25, 0.3) is 0 Å². The lowest BCUT2D eigenvalue weighted by Crippen LogP contribution is -2.47. The Labute approximate surface area is 122 Å². The molecule has 1 fully saturated rings. The van der Waals surface area contributed by atoms with Crippen molar-refractivity contribution >= 4 is 6.09 Å². The lowest BCUT2D eigenvalue weighted by Gasteiger charge is -2.34. The van der Waals surface area contributed by atoms with Crippen LogP contribution in [0, 0.1) is 16.7 Å². The Kier molecular flexibility index (Phi) is 6.80. The molecule has 1 rings (SSSR count). The number of hydrogen-bond acceptors (Lipinski definition) is 4. The van der Waals surface area contributed by atoms with Crippen molar-refractivity contribution in [3.05, 3.63) is 0 Å². The molecule has 0 saturated carbocycles. The lowest BCUT2D eigenvalue weighted by molar-refractivity contribution is 0.0940. The van der Waals surface area contributed by atoms with Gasteiger partial charge in [-0.2, -0.15) is 5.26 Å². The van der Waals surface area contributed by atoms with Gasteiger partial charge in [-0.1, -0.05) is 13.8 Å². The van der Waals surface area contributed by atoms with E-state index in [0.717, 1.165) is 38.9 Å². The van der Waals surface area contributed by atoms with Crippen LogP contribution in [0.2, 0.25) is 0 Å². The summed E-state index contributed by atoms with van der Waals surface area (Å²) in [5, 5.41) is 12.2. The molecular formula is C15H27N3O2. The van der Waals surface area contributed by atoms with Crippen LogP contribution in [0.3, 0.4) is 0 Å². The number of ether oxygens (including phenoxy) is 1. The third-order valence-electron chi connectivity index (χ3n) is 3.80. The molecule has 1 amide bonds. The van der Waals surface area contributed by atoms with E-state index in [0.29, 0.717) is 19.1 Å². The van der Waals surface area contributed by atoms with Crippen LogP contribution in [0.1, 0.15) is 46.5 Å². The third kappa shape index (κ3) is 5.79. The van der Waals surface area contributed by atoms with E-state index in [9.17, 15) is 4.79 Å². The summed E-state index contributed by atoms with van der Waals surface area (Å²) in [6.45, 7) is 9.07. The van der Waals surface area contributed by atoms with Gasteiger partial charge in [-0.05, 0) is 31.6 Å². The first-order valence-corrected chi connectivity index (χ1v) is 7.50. The first-order chi connectivity index (χ1) is 9.48. The fraction of sp³-hybridized carbons (Fsp3) is 0.867. The molecule has 0 radical (unpaired) electrons. The second-order valence-corrected chi connectivity index (χ2v) is 6.16. The van der Waals surface area contributed by atoms with Crippen LogP contribution < -0.4 is 5.32 Å². The topological polar surface area (TPSA) is 65.4 Å². The lowest BCUT2D eigenvalue weighted by atomic mass is 9.87. The maximum atomic E-state index is 11.6. The molecule has 5 heteroatoms. The summed E-state index contributed by atoms with van der Waals surface area (Å²) in [6.07, 6.45) is 3.26. The van der Waals surface area contributed by atoms with Crippen molar-refractivity contribution in [2.75, 3.05) is 26.2 Å². The zero-order valence-corrected chi connectivity index (χ0v) is 12.9. The summed E-state index contributed by atoms with van der Waals surface area (Å²) < 4.78 is 5.01. The van der Waals surface area contributed by atoms with Gasteiger partial charge in [0.05, 0.1) is 12.7 Å². The predicted octanol–water partition coefficient (Wildman–Crippen LogP) is 2.53. The Hall–Kier alpha value is -1.28. The summed E-state index contributed by atoms with van der Waals surface area (Å²) in [5.41, 5.74) is 0.147. The van der Waals surface area contributed by atoms with E-state index in [-0.39, 0.29) is 11.5 Å². The van der Waals surface area contributed by atoms with Gasteiger partial charge in [-0.25, -0.2) is 4.79 Å². The van der Waals surface area contributed by atoms with Crippen molar-refractivity contribution in [3.63, 3.8) is 0 Å². The Bertz CT molecular complexity index is 342. The van der Waals surface area contributed by atoms with Gasteiger partial charge in [0.1, 0.15) is 0 Å². The average molecular weight is 281 g/mol. The van der Waals surface area contributed by atoms with Gasteiger partial charge in [0.2, 0.25) is 0 Å². The standard InChI is InChI=1S/C15H27N3O2/c1-4-20-14(19)18-10-6-13(7-11-18)17-12-15(2,3)8-5-9-16/h13,17H,4-8,10-12H2,1-3H3. The van der Waals surface area contributed by atoms with Crippen molar-refractivity contribution in [1.29, 1.82) is 5.26 Å². The molecule has 1 N–H and O–H groups in total. The number of nitriles is 1. The highest BCUT2D eigenvalue weighted by Crippen LogP contribution is 2.22. The quantitative estimate of drug-likeness (QED) is 0.812. The first kappa shape index (κ1) is 16.8. The molecule has 1 aliphatic heterocycles. The number of amides is 1.